The Labute approximate surface area is 204 Å². The van der Waals surface area contributed by atoms with Crippen LogP contribution in [0.3, 0.4) is 0 Å². The van der Waals surface area contributed by atoms with Crippen LogP contribution in [0.15, 0.2) is 36.4 Å². The van der Waals surface area contributed by atoms with Crippen LogP contribution in [-0.4, -0.2) is 61.7 Å². The number of fused-ring (bicyclic) bond motifs is 1. The van der Waals surface area contributed by atoms with Gasteiger partial charge >= 0.3 is 0 Å². The maximum Gasteiger partial charge on any atom is 0.290 e. The summed E-state index contributed by atoms with van der Waals surface area (Å²) >= 11 is 12.5. The van der Waals surface area contributed by atoms with Crippen LogP contribution in [0, 0.1) is 0 Å². The zero-order chi connectivity index (χ0) is 23.6. The molecular formula is C24H29Cl2N3O4. The first-order chi connectivity index (χ1) is 16.0. The third-order valence-corrected chi connectivity index (χ3v) is 6.57. The van der Waals surface area contributed by atoms with E-state index in [4.69, 9.17) is 37.8 Å². The van der Waals surface area contributed by atoms with E-state index in [1.807, 2.05) is 30.3 Å². The van der Waals surface area contributed by atoms with Crippen LogP contribution in [0.4, 0.5) is 11.4 Å². The van der Waals surface area contributed by atoms with Crippen LogP contribution in [0.1, 0.15) is 24.8 Å². The molecule has 2 aromatic rings. The Morgan fingerprint density at radius 2 is 1.82 bits per heavy atom. The maximum atomic E-state index is 11.5. The molecule has 1 amide bonds. The Bertz CT molecular complexity index is 949. The van der Waals surface area contributed by atoms with Crippen molar-refractivity contribution in [2.45, 2.75) is 25.7 Å². The number of rotatable bonds is 7. The molecule has 2 N–H and O–H groups in total. The van der Waals surface area contributed by atoms with E-state index in [2.05, 4.69) is 21.2 Å². The van der Waals surface area contributed by atoms with E-state index in [9.17, 15) is 4.79 Å². The van der Waals surface area contributed by atoms with Crippen molar-refractivity contribution in [1.82, 2.24) is 4.90 Å². The average Bonchev–Trinajstić information content (AvgIpc) is 2.81. The fourth-order valence-corrected chi connectivity index (χ4v) is 4.43. The van der Waals surface area contributed by atoms with Crippen molar-refractivity contribution >= 4 is 47.0 Å². The highest BCUT2D eigenvalue weighted by atomic mass is 35.5. The van der Waals surface area contributed by atoms with E-state index in [0.29, 0.717) is 23.1 Å². The van der Waals surface area contributed by atoms with Gasteiger partial charge < -0.3 is 20.1 Å². The van der Waals surface area contributed by atoms with Crippen LogP contribution in [-0.2, 0) is 16.0 Å². The third-order valence-electron chi connectivity index (χ3n) is 5.76. The van der Waals surface area contributed by atoms with Gasteiger partial charge in [-0.25, -0.2) is 0 Å². The molecule has 0 unspecified atom stereocenters. The van der Waals surface area contributed by atoms with E-state index in [1.54, 1.807) is 0 Å². The minimum absolute atomic E-state index is 0.0809. The van der Waals surface area contributed by atoms with Crippen molar-refractivity contribution in [3.05, 3.63) is 52.0 Å². The second-order valence-electron chi connectivity index (χ2n) is 7.93. The molecule has 0 aromatic heterocycles. The van der Waals surface area contributed by atoms with E-state index in [-0.39, 0.29) is 12.4 Å². The molecular weight excluding hydrogens is 465 g/mol. The van der Waals surface area contributed by atoms with Gasteiger partial charge in [0, 0.05) is 44.4 Å². The van der Waals surface area contributed by atoms with Crippen molar-refractivity contribution in [3.63, 3.8) is 0 Å². The Morgan fingerprint density at radius 1 is 1.06 bits per heavy atom. The van der Waals surface area contributed by atoms with Crippen molar-refractivity contribution in [2.24, 2.45) is 0 Å². The molecule has 0 aliphatic carbocycles. The minimum Gasteiger partial charge on any atom is -0.494 e. The molecule has 0 radical (unpaired) electrons. The average molecular weight is 494 g/mol. The minimum atomic E-state index is -0.250. The first-order valence-corrected chi connectivity index (χ1v) is 11.8. The quantitative estimate of drug-likeness (QED) is 0.434. The maximum absolute atomic E-state index is 11.5. The number of piperazine rings is 1. The number of carbonyl (C=O) groups excluding carboxylic acids is 1. The van der Waals surface area contributed by atoms with Crippen LogP contribution >= 0.6 is 23.2 Å². The molecule has 0 spiro atoms. The van der Waals surface area contributed by atoms with Gasteiger partial charge in [0.05, 0.1) is 22.3 Å². The molecule has 178 valence electrons. The van der Waals surface area contributed by atoms with Gasteiger partial charge in [-0.2, -0.15) is 0 Å². The van der Waals surface area contributed by atoms with Gasteiger partial charge in [0.15, 0.2) is 0 Å². The monoisotopic (exact) mass is 493 g/mol. The third kappa shape index (κ3) is 7.25. The van der Waals surface area contributed by atoms with Gasteiger partial charge in [-0.05, 0) is 49.6 Å². The molecule has 1 saturated heterocycles. The molecule has 2 aliphatic rings. The first kappa shape index (κ1) is 25.1. The molecule has 4 rings (SSSR count). The summed E-state index contributed by atoms with van der Waals surface area (Å²) in [6.07, 6.45) is 3.47. The summed E-state index contributed by atoms with van der Waals surface area (Å²) in [4.78, 5) is 24.7. The molecule has 33 heavy (non-hydrogen) atoms. The smallest absolute Gasteiger partial charge is 0.290 e. The summed E-state index contributed by atoms with van der Waals surface area (Å²) in [5.74, 6) is 0.903. The topological polar surface area (TPSA) is 82.1 Å². The Kier molecular flexibility index (Phi) is 9.66. The Balaban J connectivity index is 0.000000968. The predicted molar refractivity (Wildman–Crippen MR) is 132 cm³/mol. The van der Waals surface area contributed by atoms with Gasteiger partial charge in [-0.15, -0.1) is 0 Å². The molecule has 2 aromatic carbocycles. The molecule has 0 bridgehead atoms. The van der Waals surface area contributed by atoms with Crippen molar-refractivity contribution in [1.29, 1.82) is 0 Å². The number of benzene rings is 2. The molecule has 9 heteroatoms. The molecule has 7 nitrogen and oxygen atoms in total. The number of nitrogens with zero attached hydrogens (tertiary/aromatic N) is 2. The standard InChI is InChI=1S/C23H27Cl2N3O2.CH2O2/c24-19-4-3-5-21(23(19)25)28-13-11-27(12-14-28)10-1-2-15-30-18-8-6-17-7-9-22(29)26-20(17)16-18;2-1-3/h3-6,8,16H,1-2,7,9-15H2,(H,26,29);1H,(H,2,3). The largest absolute Gasteiger partial charge is 0.494 e. The lowest BCUT2D eigenvalue weighted by atomic mass is 10.0. The molecule has 2 heterocycles. The van der Waals surface area contributed by atoms with E-state index < -0.39 is 0 Å². The second kappa shape index (κ2) is 12.7. The van der Waals surface area contributed by atoms with Crippen molar-refractivity contribution in [3.8, 4) is 5.75 Å². The summed E-state index contributed by atoms with van der Waals surface area (Å²) in [6.45, 7) is 5.46. The molecule has 1 fully saturated rings. The van der Waals surface area contributed by atoms with Crippen LogP contribution in [0.25, 0.3) is 0 Å². The number of amides is 1. The number of hydrogen-bond donors (Lipinski definition) is 2. The number of aryl methyl sites for hydroxylation is 1. The molecule has 0 atom stereocenters. The first-order valence-electron chi connectivity index (χ1n) is 11.1. The van der Waals surface area contributed by atoms with Crippen LogP contribution < -0.4 is 15.0 Å². The summed E-state index contributed by atoms with van der Waals surface area (Å²) in [7, 11) is 0. The van der Waals surface area contributed by atoms with Crippen LogP contribution in [0.5, 0.6) is 5.75 Å². The lowest BCUT2D eigenvalue weighted by Crippen LogP contribution is -2.46. The van der Waals surface area contributed by atoms with Gasteiger partial charge in [0.2, 0.25) is 5.91 Å². The van der Waals surface area contributed by atoms with Gasteiger partial charge in [-0.3, -0.25) is 14.5 Å². The number of anilines is 2. The van der Waals surface area contributed by atoms with E-state index in [1.165, 1.54) is 5.56 Å². The summed E-state index contributed by atoms with van der Waals surface area (Å²) in [5, 5.41) is 11.1. The number of carboxylic acid groups (broad SMARTS) is 1. The fraction of sp³-hybridized carbons (Fsp3) is 0.417. The van der Waals surface area contributed by atoms with Gasteiger partial charge in [0.25, 0.3) is 6.47 Å². The number of nitrogens with one attached hydrogen (secondary N) is 1. The highest BCUT2D eigenvalue weighted by Gasteiger charge is 2.19. The fourth-order valence-electron chi connectivity index (χ4n) is 4.02. The normalized spacial score (nSPS) is 15.7. The Hall–Kier alpha value is -2.48. The number of ether oxygens (including phenoxy) is 1. The van der Waals surface area contributed by atoms with Crippen molar-refractivity contribution < 1.29 is 19.4 Å². The predicted octanol–water partition coefficient (Wildman–Crippen LogP) is 4.56. The zero-order valence-electron chi connectivity index (χ0n) is 18.4. The van der Waals surface area contributed by atoms with Gasteiger partial charge in [-0.1, -0.05) is 35.3 Å². The summed E-state index contributed by atoms with van der Waals surface area (Å²) < 4.78 is 5.89. The van der Waals surface area contributed by atoms with E-state index in [0.717, 1.165) is 69.1 Å². The van der Waals surface area contributed by atoms with E-state index >= 15 is 0 Å². The Morgan fingerprint density at radius 3 is 2.58 bits per heavy atom. The molecule has 0 saturated carbocycles. The van der Waals surface area contributed by atoms with Crippen LogP contribution in [0.2, 0.25) is 10.0 Å². The second-order valence-corrected chi connectivity index (χ2v) is 8.71. The number of carbonyl (C=O) groups is 2. The van der Waals surface area contributed by atoms with Crippen molar-refractivity contribution in [2.75, 3.05) is 49.5 Å². The summed E-state index contributed by atoms with van der Waals surface area (Å²) in [5.41, 5.74) is 3.10. The number of halogens is 2. The zero-order valence-corrected chi connectivity index (χ0v) is 19.9. The number of hydrogen-bond acceptors (Lipinski definition) is 5. The highest BCUT2D eigenvalue weighted by Crippen LogP contribution is 2.33. The lowest BCUT2D eigenvalue weighted by molar-refractivity contribution is -0.123. The lowest BCUT2D eigenvalue weighted by Gasteiger charge is -2.36. The summed E-state index contributed by atoms with van der Waals surface area (Å²) in [6, 6.07) is 11.8. The number of unbranched alkanes of at least 4 members (excludes halogenated alkanes) is 1. The highest BCUT2D eigenvalue weighted by molar-refractivity contribution is 6.43. The molecule has 2 aliphatic heterocycles. The van der Waals surface area contributed by atoms with Gasteiger partial charge in [0.1, 0.15) is 5.75 Å². The SMILES string of the molecule is O=C1CCc2ccc(OCCCCN3CCN(c4cccc(Cl)c4Cl)CC3)cc2N1.O=CO.